The zero-order valence-electron chi connectivity index (χ0n) is 20.8. The van der Waals surface area contributed by atoms with E-state index >= 15 is 0 Å². The number of nitrogens with zero attached hydrogens (tertiary/aromatic N) is 4. The van der Waals surface area contributed by atoms with Gasteiger partial charge in [-0.25, -0.2) is 0 Å². The van der Waals surface area contributed by atoms with Crippen molar-refractivity contribution in [2.24, 2.45) is 0 Å². The molecule has 0 radical (unpaired) electrons. The van der Waals surface area contributed by atoms with Gasteiger partial charge in [-0.15, -0.1) is 10.2 Å². The van der Waals surface area contributed by atoms with Crippen LogP contribution in [-0.2, 0) is 22.7 Å². The third-order valence-corrected chi connectivity index (χ3v) is 6.43. The van der Waals surface area contributed by atoms with Crippen molar-refractivity contribution < 1.29 is 24.0 Å². The second kappa shape index (κ2) is 13.4. The van der Waals surface area contributed by atoms with Gasteiger partial charge in [0.25, 0.3) is 5.69 Å². The van der Waals surface area contributed by atoms with Crippen LogP contribution in [0.2, 0.25) is 5.02 Å². The summed E-state index contributed by atoms with van der Waals surface area (Å²) in [6, 6.07) is 9.09. The molecule has 1 heterocycles. The molecule has 38 heavy (non-hydrogen) atoms. The average Bonchev–Trinajstić information content (AvgIpc) is 3.32. The molecule has 14 heteroatoms. The Bertz CT molecular complexity index is 1360. The summed E-state index contributed by atoms with van der Waals surface area (Å²) in [6.45, 7) is 2.53. The minimum atomic E-state index is -0.573. The lowest BCUT2D eigenvalue weighted by Crippen LogP contribution is -2.22. The number of carbonyl (C=O) groups excluding carboxylic acids is 2. The smallest absolute Gasteiger partial charge is 0.271 e. The SMILES string of the molecule is CCn1c(CNC(=O)/C=C/c2ccc(OC)c(OC)c2)nnc1SCC(=O)Nc1cc([N+](=O)[O-])ccc1Cl. The van der Waals surface area contributed by atoms with Gasteiger partial charge in [0.15, 0.2) is 22.5 Å². The van der Waals surface area contributed by atoms with Crippen molar-refractivity contribution in [2.75, 3.05) is 25.3 Å². The highest BCUT2D eigenvalue weighted by atomic mass is 35.5. The van der Waals surface area contributed by atoms with E-state index in [0.717, 1.165) is 17.3 Å². The first-order chi connectivity index (χ1) is 18.2. The Morgan fingerprint density at radius 2 is 1.92 bits per heavy atom. The van der Waals surface area contributed by atoms with Gasteiger partial charge in [-0.2, -0.15) is 0 Å². The highest BCUT2D eigenvalue weighted by Crippen LogP contribution is 2.28. The van der Waals surface area contributed by atoms with Crippen molar-refractivity contribution in [2.45, 2.75) is 25.2 Å². The Kier molecular flexibility index (Phi) is 10.1. The number of hydrogen-bond donors (Lipinski definition) is 2. The van der Waals surface area contributed by atoms with E-state index in [1.54, 1.807) is 36.0 Å². The van der Waals surface area contributed by atoms with Crippen LogP contribution in [-0.4, -0.2) is 51.5 Å². The Morgan fingerprint density at radius 3 is 2.61 bits per heavy atom. The predicted molar refractivity (Wildman–Crippen MR) is 144 cm³/mol. The van der Waals surface area contributed by atoms with E-state index in [0.29, 0.717) is 29.0 Å². The van der Waals surface area contributed by atoms with Gasteiger partial charge in [0, 0.05) is 24.8 Å². The summed E-state index contributed by atoms with van der Waals surface area (Å²) in [7, 11) is 3.08. The molecule has 1 aromatic heterocycles. The summed E-state index contributed by atoms with van der Waals surface area (Å²) < 4.78 is 12.2. The molecule has 0 spiro atoms. The van der Waals surface area contributed by atoms with Crippen LogP contribution in [0.25, 0.3) is 6.08 Å². The number of nitrogens with one attached hydrogen (secondary N) is 2. The fourth-order valence-electron chi connectivity index (χ4n) is 3.27. The van der Waals surface area contributed by atoms with E-state index in [1.807, 2.05) is 6.92 Å². The first-order valence-electron chi connectivity index (χ1n) is 11.2. The highest BCUT2D eigenvalue weighted by Gasteiger charge is 2.16. The average molecular weight is 561 g/mol. The van der Waals surface area contributed by atoms with Gasteiger partial charge >= 0.3 is 0 Å². The standard InChI is InChI=1S/C24H25ClN6O6S/c1-4-30-21(13-26-22(32)10-6-15-5-9-19(36-2)20(11-15)37-3)28-29-24(30)38-14-23(33)27-18-12-16(31(34)35)7-8-17(18)25/h5-12H,4,13-14H2,1-3H3,(H,26,32)(H,27,33)/b10-6+. The first-order valence-corrected chi connectivity index (χ1v) is 12.6. The summed E-state index contributed by atoms with van der Waals surface area (Å²) in [5.74, 6) is 0.887. The molecule has 0 saturated heterocycles. The molecule has 3 aromatic rings. The quantitative estimate of drug-likeness (QED) is 0.145. The zero-order chi connectivity index (χ0) is 27.7. The third-order valence-electron chi connectivity index (χ3n) is 5.13. The Balaban J connectivity index is 1.56. The molecule has 200 valence electrons. The molecule has 0 saturated carbocycles. The van der Waals surface area contributed by atoms with Crippen molar-refractivity contribution in [3.8, 4) is 11.5 Å². The van der Waals surface area contributed by atoms with Gasteiger partial charge in [0.05, 0.1) is 42.2 Å². The fraction of sp³-hybridized carbons (Fsp3) is 0.250. The maximum Gasteiger partial charge on any atom is 0.271 e. The third kappa shape index (κ3) is 7.46. The summed E-state index contributed by atoms with van der Waals surface area (Å²) in [6.07, 6.45) is 3.04. The number of hydrogen-bond acceptors (Lipinski definition) is 9. The summed E-state index contributed by atoms with van der Waals surface area (Å²) in [5.41, 5.74) is 0.721. The van der Waals surface area contributed by atoms with E-state index in [4.69, 9.17) is 21.1 Å². The maximum atomic E-state index is 12.4. The van der Waals surface area contributed by atoms with E-state index in [1.165, 1.54) is 31.4 Å². The number of ether oxygens (including phenoxy) is 2. The molecule has 2 amide bonds. The Hall–Kier alpha value is -4.10. The lowest BCUT2D eigenvalue weighted by molar-refractivity contribution is -0.384. The lowest BCUT2D eigenvalue weighted by Gasteiger charge is -2.09. The normalized spacial score (nSPS) is 10.8. The molecule has 3 rings (SSSR count). The molecule has 2 aromatic carbocycles. The number of non-ortho nitro benzene ring substituents is 1. The minimum absolute atomic E-state index is 0.0302. The highest BCUT2D eigenvalue weighted by molar-refractivity contribution is 7.99. The Labute approximate surface area is 227 Å². The van der Waals surface area contributed by atoms with Crippen LogP contribution in [0.15, 0.2) is 47.6 Å². The van der Waals surface area contributed by atoms with Crippen molar-refractivity contribution in [3.05, 3.63) is 69.0 Å². The molecular weight excluding hydrogens is 536 g/mol. The number of nitro benzene ring substituents is 1. The van der Waals surface area contributed by atoms with Crippen LogP contribution in [0.5, 0.6) is 11.5 Å². The summed E-state index contributed by atoms with van der Waals surface area (Å²) >= 11 is 7.17. The number of amides is 2. The fourth-order valence-corrected chi connectivity index (χ4v) is 4.25. The number of thioether (sulfide) groups is 1. The molecule has 0 aliphatic carbocycles. The van der Waals surface area contributed by atoms with Crippen molar-refractivity contribution >= 4 is 52.6 Å². The maximum absolute atomic E-state index is 12.4. The van der Waals surface area contributed by atoms with Gasteiger partial charge in [-0.3, -0.25) is 19.7 Å². The first kappa shape index (κ1) is 28.5. The van der Waals surface area contributed by atoms with Crippen LogP contribution < -0.4 is 20.1 Å². The number of aromatic nitrogens is 3. The van der Waals surface area contributed by atoms with Crippen LogP contribution in [0.3, 0.4) is 0 Å². The van der Waals surface area contributed by atoms with Crippen LogP contribution >= 0.6 is 23.4 Å². The van der Waals surface area contributed by atoms with Gasteiger partial charge in [0.1, 0.15) is 0 Å². The van der Waals surface area contributed by atoms with Crippen molar-refractivity contribution in [1.82, 2.24) is 20.1 Å². The van der Waals surface area contributed by atoms with Crippen LogP contribution in [0, 0.1) is 10.1 Å². The molecule has 2 N–H and O–H groups in total. The molecule has 0 aliphatic rings. The van der Waals surface area contributed by atoms with E-state index in [9.17, 15) is 19.7 Å². The number of methoxy groups -OCH3 is 2. The van der Waals surface area contributed by atoms with E-state index in [2.05, 4.69) is 20.8 Å². The van der Waals surface area contributed by atoms with Crippen LogP contribution in [0.4, 0.5) is 11.4 Å². The number of benzene rings is 2. The van der Waals surface area contributed by atoms with Gasteiger partial charge < -0.3 is 24.7 Å². The largest absolute Gasteiger partial charge is 0.493 e. The minimum Gasteiger partial charge on any atom is -0.493 e. The summed E-state index contributed by atoms with van der Waals surface area (Å²) in [5, 5.41) is 25.2. The number of carbonyl (C=O) groups is 2. The zero-order valence-corrected chi connectivity index (χ0v) is 22.3. The van der Waals surface area contributed by atoms with Crippen molar-refractivity contribution in [3.63, 3.8) is 0 Å². The second-order valence-electron chi connectivity index (χ2n) is 7.57. The number of nitro groups is 1. The molecule has 0 fully saturated rings. The molecule has 12 nitrogen and oxygen atoms in total. The van der Waals surface area contributed by atoms with Gasteiger partial charge in [0.2, 0.25) is 11.8 Å². The Morgan fingerprint density at radius 1 is 1.16 bits per heavy atom. The lowest BCUT2D eigenvalue weighted by atomic mass is 10.2. The van der Waals surface area contributed by atoms with Gasteiger partial charge in [-0.05, 0) is 36.8 Å². The van der Waals surface area contributed by atoms with Crippen molar-refractivity contribution in [1.29, 1.82) is 0 Å². The molecule has 0 unspecified atom stereocenters. The number of halogens is 1. The molecule has 0 atom stereocenters. The molecular formula is C24H25ClN6O6S. The van der Waals surface area contributed by atoms with Gasteiger partial charge in [-0.1, -0.05) is 29.4 Å². The number of anilines is 1. The predicted octanol–water partition coefficient (Wildman–Crippen LogP) is 3.94. The molecule has 0 bridgehead atoms. The van der Waals surface area contributed by atoms with E-state index in [-0.39, 0.29) is 34.6 Å². The van der Waals surface area contributed by atoms with E-state index < -0.39 is 10.8 Å². The number of rotatable bonds is 12. The topological polar surface area (TPSA) is 151 Å². The van der Waals surface area contributed by atoms with Crippen LogP contribution in [0.1, 0.15) is 18.3 Å². The monoisotopic (exact) mass is 560 g/mol. The second-order valence-corrected chi connectivity index (χ2v) is 8.92. The molecule has 0 aliphatic heterocycles. The summed E-state index contributed by atoms with van der Waals surface area (Å²) in [4.78, 5) is 35.1.